The molecule has 0 radical (unpaired) electrons. The fourth-order valence-electron chi connectivity index (χ4n) is 5.28. The van der Waals surface area contributed by atoms with Gasteiger partial charge in [0.1, 0.15) is 11.2 Å². The Hall–Kier alpha value is -4.79. The minimum atomic E-state index is 0.723. The number of fused-ring (bicyclic) bond motifs is 3. The van der Waals surface area contributed by atoms with E-state index in [4.69, 9.17) is 16.0 Å². The summed E-state index contributed by atoms with van der Waals surface area (Å²) in [5.74, 6) is 0. The molecule has 0 bridgehead atoms. The SMILES string of the molecule is Clc1ccc(-c2cc(-c3ccc(N(c4ccccc4)c4ccccc4)cc3)c3c(c2)oc2ccccc23)cc1. The number of anilines is 3. The van der Waals surface area contributed by atoms with Crippen molar-refractivity contribution in [2.45, 2.75) is 0 Å². The van der Waals surface area contributed by atoms with Gasteiger partial charge in [-0.1, -0.05) is 90.5 Å². The van der Waals surface area contributed by atoms with Crippen LogP contribution in [0.2, 0.25) is 5.02 Å². The molecule has 0 spiro atoms. The van der Waals surface area contributed by atoms with Gasteiger partial charge in [0.25, 0.3) is 0 Å². The quantitative estimate of drug-likeness (QED) is 0.224. The molecule has 0 unspecified atom stereocenters. The van der Waals surface area contributed by atoms with Crippen LogP contribution < -0.4 is 4.90 Å². The molecule has 39 heavy (non-hydrogen) atoms. The van der Waals surface area contributed by atoms with Crippen LogP contribution in [0, 0.1) is 0 Å². The lowest BCUT2D eigenvalue weighted by Crippen LogP contribution is -2.09. The topological polar surface area (TPSA) is 16.4 Å². The molecule has 0 fully saturated rings. The zero-order valence-corrected chi connectivity index (χ0v) is 21.8. The molecule has 1 heterocycles. The van der Waals surface area contributed by atoms with Crippen LogP contribution in [0.15, 0.2) is 150 Å². The van der Waals surface area contributed by atoms with E-state index in [0.29, 0.717) is 0 Å². The number of nitrogens with zero attached hydrogens (tertiary/aromatic N) is 1. The van der Waals surface area contributed by atoms with Gasteiger partial charge in [-0.2, -0.15) is 0 Å². The Kier molecular flexibility index (Phi) is 5.88. The summed E-state index contributed by atoms with van der Waals surface area (Å²) in [4.78, 5) is 2.27. The Morgan fingerprint density at radius 3 is 1.69 bits per heavy atom. The van der Waals surface area contributed by atoms with E-state index < -0.39 is 0 Å². The number of rotatable bonds is 5. The Morgan fingerprint density at radius 1 is 0.462 bits per heavy atom. The summed E-state index contributed by atoms with van der Waals surface area (Å²) in [5, 5.41) is 2.96. The second-order valence-corrected chi connectivity index (χ2v) is 9.99. The molecule has 0 saturated heterocycles. The van der Waals surface area contributed by atoms with Crippen molar-refractivity contribution in [1.29, 1.82) is 0 Å². The van der Waals surface area contributed by atoms with Crippen LogP contribution in [-0.2, 0) is 0 Å². The average molecular weight is 522 g/mol. The van der Waals surface area contributed by atoms with Crippen LogP contribution in [0.3, 0.4) is 0 Å². The number of para-hydroxylation sites is 3. The summed E-state index contributed by atoms with van der Waals surface area (Å²) in [6.45, 7) is 0. The highest BCUT2D eigenvalue weighted by atomic mass is 35.5. The number of benzene rings is 6. The summed E-state index contributed by atoms with van der Waals surface area (Å²) in [5.41, 5.74) is 9.54. The lowest BCUT2D eigenvalue weighted by Gasteiger charge is -2.25. The van der Waals surface area contributed by atoms with Crippen molar-refractivity contribution in [1.82, 2.24) is 0 Å². The zero-order chi connectivity index (χ0) is 26.2. The smallest absolute Gasteiger partial charge is 0.136 e. The van der Waals surface area contributed by atoms with Crippen LogP contribution >= 0.6 is 11.6 Å². The Balaban J connectivity index is 1.39. The third kappa shape index (κ3) is 4.35. The van der Waals surface area contributed by atoms with Crippen LogP contribution in [0.1, 0.15) is 0 Å². The van der Waals surface area contributed by atoms with Gasteiger partial charge in [0.15, 0.2) is 0 Å². The van der Waals surface area contributed by atoms with Crippen molar-refractivity contribution < 1.29 is 4.42 Å². The van der Waals surface area contributed by atoms with E-state index in [1.54, 1.807) is 0 Å². The van der Waals surface area contributed by atoms with E-state index in [2.05, 4.69) is 114 Å². The molecule has 6 aromatic carbocycles. The highest BCUT2D eigenvalue weighted by Gasteiger charge is 2.17. The molecular formula is C36H24ClNO. The molecule has 7 rings (SSSR count). The van der Waals surface area contributed by atoms with Gasteiger partial charge in [0.05, 0.1) is 0 Å². The van der Waals surface area contributed by atoms with Crippen LogP contribution in [0.4, 0.5) is 17.1 Å². The molecule has 0 atom stereocenters. The first kappa shape index (κ1) is 23.3. The molecule has 0 aliphatic heterocycles. The first-order valence-corrected chi connectivity index (χ1v) is 13.3. The number of hydrogen-bond donors (Lipinski definition) is 0. The summed E-state index contributed by atoms with van der Waals surface area (Å²) in [6.07, 6.45) is 0. The Labute approximate surface area is 232 Å². The summed E-state index contributed by atoms with van der Waals surface area (Å²) < 4.78 is 6.34. The largest absolute Gasteiger partial charge is 0.456 e. The highest BCUT2D eigenvalue weighted by molar-refractivity contribution is 6.30. The third-order valence-corrected chi connectivity index (χ3v) is 7.37. The van der Waals surface area contributed by atoms with Gasteiger partial charge in [-0.25, -0.2) is 0 Å². The van der Waals surface area contributed by atoms with E-state index >= 15 is 0 Å². The van der Waals surface area contributed by atoms with Crippen LogP contribution in [0.5, 0.6) is 0 Å². The second kappa shape index (κ2) is 9.83. The van der Waals surface area contributed by atoms with E-state index in [-0.39, 0.29) is 0 Å². The van der Waals surface area contributed by atoms with Gasteiger partial charge in [-0.15, -0.1) is 0 Å². The summed E-state index contributed by atoms with van der Waals surface area (Å²) >= 11 is 6.18. The normalized spacial score (nSPS) is 11.2. The Morgan fingerprint density at radius 2 is 1.03 bits per heavy atom. The lowest BCUT2D eigenvalue weighted by atomic mass is 9.94. The molecule has 0 saturated carbocycles. The molecular weight excluding hydrogens is 498 g/mol. The Bertz CT molecular complexity index is 1850. The van der Waals surface area contributed by atoms with Gasteiger partial charge in [0.2, 0.25) is 0 Å². The van der Waals surface area contributed by atoms with E-state index in [0.717, 1.165) is 66.3 Å². The van der Waals surface area contributed by atoms with Gasteiger partial charge in [-0.05, 0) is 89.0 Å². The molecule has 0 N–H and O–H groups in total. The fraction of sp³-hybridized carbons (Fsp3) is 0. The number of halogens is 1. The molecule has 7 aromatic rings. The monoisotopic (exact) mass is 521 g/mol. The average Bonchev–Trinajstić information content (AvgIpc) is 3.37. The summed E-state index contributed by atoms with van der Waals surface area (Å²) in [6, 6.07) is 50.3. The number of furan rings is 1. The predicted octanol–water partition coefficient (Wildman–Crippen LogP) is 11.0. The lowest BCUT2D eigenvalue weighted by molar-refractivity contribution is 0.669. The van der Waals surface area contributed by atoms with Crippen molar-refractivity contribution in [2.75, 3.05) is 4.90 Å². The molecule has 1 aromatic heterocycles. The molecule has 0 aliphatic carbocycles. The van der Waals surface area contributed by atoms with Gasteiger partial charge in [-0.3, -0.25) is 0 Å². The molecule has 186 valence electrons. The van der Waals surface area contributed by atoms with E-state index in [9.17, 15) is 0 Å². The minimum Gasteiger partial charge on any atom is -0.456 e. The van der Waals surface area contributed by atoms with Crippen molar-refractivity contribution in [3.8, 4) is 22.3 Å². The first-order chi connectivity index (χ1) is 19.2. The van der Waals surface area contributed by atoms with Crippen molar-refractivity contribution in [3.63, 3.8) is 0 Å². The maximum Gasteiger partial charge on any atom is 0.136 e. The maximum absolute atomic E-state index is 6.34. The van der Waals surface area contributed by atoms with Crippen molar-refractivity contribution in [2.24, 2.45) is 0 Å². The standard InChI is InChI=1S/C36H24ClNO/c37-28-19-15-25(16-20-28)27-23-33(36-32-13-7-8-14-34(32)39-35(36)24-27)26-17-21-31(22-18-26)38(29-9-3-1-4-10-29)30-11-5-2-6-12-30/h1-24H. The number of hydrogen-bond acceptors (Lipinski definition) is 2. The minimum absolute atomic E-state index is 0.723. The highest BCUT2D eigenvalue weighted by Crippen LogP contribution is 2.41. The van der Waals surface area contributed by atoms with Crippen LogP contribution in [-0.4, -0.2) is 0 Å². The summed E-state index contributed by atoms with van der Waals surface area (Å²) in [7, 11) is 0. The van der Waals surface area contributed by atoms with E-state index in [1.165, 1.54) is 0 Å². The third-order valence-electron chi connectivity index (χ3n) is 7.12. The maximum atomic E-state index is 6.34. The first-order valence-electron chi connectivity index (χ1n) is 13.0. The van der Waals surface area contributed by atoms with Crippen molar-refractivity contribution in [3.05, 3.63) is 151 Å². The van der Waals surface area contributed by atoms with Crippen molar-refractivity contribution >= 4 is 50.6 Å². The molecule has 3 heteroatoms. The predicted molar refractivity (Wildman–Crippen MR) is 164 cm³/mol. The zero-order valence-electron chi connectivity index (χ0n) is 21.1. The second-order valence-electron chi connectivity index (χ2n) is 9.56. The van der Waals surface area contributed by atoms with Crippen LogP contribution in [0.25, 0.3) is 44.2 Å². The fourth-order valence-corrected chi connectivity index (χ4v) is 5.41. The molecule has 2 nitrogen and oxygen atoms in total. The van der Waals surface area contributed by atoms with Gasteiger partial charge < -0.3 is 9.32 Å². The van der Waals surface area contributed by atoms with Gasteiger partial charge >= 0.3 is 0 Å². The molecule has 0 aliphatic rings. The molecule has 0 amide bonds. The van der Waals surface area contributed by atoms with E-state index in [1.807, 2.05) is 36.4 Å². The van der Waals surface area contributed by atoms with Gasteiger partial charge in [0, 0.05) is 32.9 Å².